The van der Waals surface area contributed by atoms with E-state index >= 15 is 0 Å². The lowest BCUT2D eigenvalue weighted by molar-refractivity contribution is 0.179. The molecule has 14 heavy (non-hydrogen) atoms. The van der Waals surface area contributed by atoms with E-state index in [0.29, 0.717) is 12.4 Å². The van der Waals surface area contributed by atoms with Crippen LogP contribution in [0, 0.1) is 0 Å². The average molecular weight is 191 g/mol. The highest BCUT2D eigenvalue weighted by atomic mass is 16.5. The van der Waals surface area contributed by atoms with Crippen LogP contribution in [0.15, 0.2) is 24.3 Å². The zero-order chi connectivity index (χ0) is 10.1. The maximum Gasteiger partial charge on any atom is 0.116 e. The van der Waals surface area contributed by atoms with Crippen LogP contribution in [0.4, 0.5) is 0 Å². The first-order valence-corrected chi connectivity index (χ1v) is 4.48. The Morgan fingerprint density at radius 1 is 1.36 bits per heavy atom. The number of aromatic nitrogens is 1. The molecule has 1 N–H and O–H groups in total. The predicted octanol–water partition coefficient (Wildman–Crippen LogP) is 2.03. The minimum atomic E-state index is 0.298. The van der Waals surface area contributed by atoms with E-state index in [1.165, 1.54) is 0 Å². The molecule has 0 radical (unpaired) electrons. The molecule has 0 unspecified atom stereocenters. The number of hydrogen-bond donors (Lipinski definition) is 1. The minimum Gasteiger partial charge on any atom is -0.508 e. The van der Waals surface area contributed by atoms with Crippen molar-refractivity contribution < 1.29 is 9.84 Å². The molecular formula is C11H13NO2. The van der Waals surface area contributed by atoms with E-state index in [0.717, 1.165) is 16.6 Å². The van der Waals surface area contributed by atoms with Crippen LogP contribution < -0.4 is 0 Å². The molecule has 0 amide bonds. The van der Waals surface area contributed by atoms with Gasteiger partial charge < -0.3 is 14.4 Å². The van der Waals surface area contributed by atoms with Gasteiger partial charge in [0.25, 0.3) is 0 Å². The summed E-state index contributed by atoms with van der Waals surface area (Å²) < 4.78 is 7.15. The third-order valence-electron chi connectivity index (χ3n) is 2.42. The maximum absolute atomic E-state index is 9.32. The molecule has 2 rings (SSSR count). The highest BCUT2D eigenvalue weighted by molar-refractivity contribution is 5.82. The minimum absolute atomic E-state index is 0.298. The highest BCUT2D eigenvalue weighted by Crippen LogP contribution is 2.23. The van der Waals surface area contributed by atoms with Gasteiger partial charge in [-0.1, -0.05) is 0 Å². The van der Waals surface area contributed by atoms with Crippen molar-refractivity contribution in [2.45, 2.75) is 6.61 Å². The Kier molecular flexibility index (Phi) is 2.17. The summed E-state index contributed by atoms with van der Waals surface area (Å²) in [6.45, 7) is 0.589. The van der Waals surface area contributed by atoms with E-state index in [9.17, 15) is 5.11 Å². The number of nitrogens with zero attached hydrogens (tertiary/aromatic N) is 1. The molecule has 1 aromatic heterocycles. The van der Waals surface area contributed by atoms with Gasteiger partial charge in [-0.2, -0.15) is 0 Å². The van der Waals surface area contributed by atoms with Gasteiger partial charge in [0.1, 0.15) is 5.75 Å². The average Bonchev–Trinajstić information content (AvgIpc) is 2.44. The Labute approximate surface area is 82.5 Å². The van der Waals surface area contributed by atoms with Crippen LogP contribution in [-0.4, -0.2) is 16.8 Å². The first-order chi connectivity index (χ1) is 6.72. The Bertz CT molecular complexity index is 460. The number of benzene rings is 1. The van der Waals surface area contributed by atoms with Crippen LogP contribution in [-0.2, 0) is 18.4 Å². The molecule has 74 valence electrons. The summed E-state index contributed by atoms with van der Waals surface area (Å²) in [6.07, 6.45) is 0. The van der Waals surface area contributed by atoms with E-state index < -0.39 is 0 Å². The Balaban J connectivity index is 2.61. The summed E-state index contributed by atoms with van der Waals surface area (Å²) in [5.74, 6) is 0.298. The molecule has 3 nitrogen and oxygen atoms in total. The number of methoxy groups -OCH3 is 1. The smallest absolute Gasteiger partial charge is 0.116 e. The van der Waals surface area contributed by atoms with Crippen LogP contribution in [0.3, 0.4) is 0 Å². The van der Waals surface area contributed by atoms with Crippen molar-refractivity contribution in [3.8, 4) is 5.75 Å². The number of rotatable bonds is 2. The van der Waals surface area contributed by atoms with Gasteiger partial charge in [0.2, 0.25) is 0 Å². The van der Waals surface area contributed by atoms with Crippen molar-refractivity contribution in [1.82, 2.24) is 4.57 Å². The molecule has 3 heteroatoms. The van der Waals surface area contributed by atoms with Crippen molar-refractivity contribution in [2.75, 3.05) is 7.11 Å². The lowest BCUT2D eigenvalue weighted by atomic mass is 10.2. The van der Waals surface area contributed by atoms with E-state index in [4.69, 9.17) is 4.74 Å². The van der Waals surface area contributed by atoms with Gasteiger partial charge in [0.05, 0.1) is 6.61 Å². The van der Waals surface area contributed by atoms with Crippen LogP contribution in [0.25, 0.3) is 10.9 Å². The number of fused-ring (bicyclic) bond motifs is 1. The van der Waals surface area contributed by atoms with Gasteiger partial charge in [-0.25, -0.2) is 0 Å². The summed E-state index contributed by atoms with van der Waals surface area (Å²) in [6, 6.07) is 7.38. The molecule has 0 bridgehead atoms. The molecule has 0 saturated carbocycles. The van der Waals surface area contributed by atoms with E-state index in [1.54, 1.807) is 19.2 Å². The first kappa shape index (κ1) is 9.09. The number of phenolic OH excluding ortho intramolecular Hbond substituents is 1. The van der Waals surface area contributed by atoms with Crippen molar-refractivity contribution in [3.05, 3.63) is 30.0 Å². The molecule has 0 aliphatic rings. The SMILES string of the molecule is COCc1cc2cc(O)ccc2n1C. The fourth-order valence-electron chi connectivity index (χ4n) is 1.68. The second-order valence-electron chi connectivity index (χ2n) is 3.37. The molecule has 1 aromatic carbocycles. The van der Waals surface area contributed by atoms with Gasteiger partial charge >= 0.3 is 0 Å². The summed E-state index contributed by atoms with van der Waals surface area (Å²) >= 11 is 0. The zero-order valence-corrected chi connectivity index (χ0v) is 8.32. The van der Waals surface area contributed by atoms with Crippen LogP contribution >= 0.6 is 0 Å². The number of ether oxygens (including phenoxy) is 1. The quantitative estimate of drug-likeness (QED) is 0.788. The molecule has 0 spiro atoms. The summed E-state index contributed by atoms with van der Waals surface area (Å²) in [4.78, 5) is 0. The largest absolute Gasteiger partial charge is 0.508 e. The molecule has 0 fully saturated rings. The third kappa shape index (κ3) is 1.36. The van der Waals surface area contributed by atoms with Crippen molar-refractivity contribution >= 4 is 10.9 Å². The lowest BCUT2D eigenvalue weighted by Crippen LogP contribution is -1.96. The number of aromatic hydroxyl groups is 1. The molecule has 2 aromatic rings. The van der Waals surface area contributed by atoms with Crippen molar-refractivity contribution in [3.63, 3.8) is 0 Å². The second kappa shape index (κ2) is 3.35. The fraction of sp³-hybridized carbons (Fsp3) is 0.273. The lowest BCUT2D eigenvalue weighted by Gasteiger charge is -2.02. The van der Waals surface area contributed by atoms with Crippen LogP contribution in [0.1, 0.15) is 5.69 Å². The van der Waals surface area contributed by atoms with Gasteiger partial charge in [-0.3, -0.25) is 0 Å². The van der Waals surface area contributed by atoms with E-state index in [-0.39, 0.29) is 0 Å². The predicted molar refractivity (Wildman–Crippen MR) is 55.3 cm³/mol. The second-order valence-corrected chi connectivity index (χ2v) is 3.37. The number of phenols is 1. The van der Waals surface area contributed by atoms with Crippen molar-refractivity contribution in [1.29, 1.82) is 0 Å². The maximum atomic E-state index is 9.32. The summed E-state index contributed by atoms with van der Waals surface area (Å²) in [7, 11) is 3.67. The summed E-state index contributed by atoms with van der Waals surface area (Å²) in [5, 5.41) is 10.4. The van der Waals surface area contributed by atoms with E-state index in [2.05, 4.69) is 4.57 Å². The van der Waals surface area contributed by atoms with Gasteiger partial charge in [-0.15, -0.1) is 0 Å². The normalized spacial score (nSPS) is 11.0. The van der Waals surface area contributed by atoms with Crippen molar-refractivity contribution in [2.24, 2.45) is 7.05 Å². The third-order valence-corrected chi connectivity index (χ3v) is 2.42. The van der Waals surface area contributed by atoms with Gasteiger partial charge in [0.15, 0.2) is 0 Å². The standard InChI is InChI=1S/C11H13NO2/c1-12-9(7-14-2)5-8-6-10(13)3-4-11(8)12/h3-6,13H,7H2,1-2H3. The monoisotopic (exact) mass is 191 g/mol. The topological polar surface area (TPSA) is 34.4 Å². The Morgan fingerprint density at radius 2 is 2.14 bits per heavy atom. The van der Waals surface area contributed by atoms with Gasteiger partial charge in [-0.05, 0) is 24.3 Å². The molecule has 0 saturated heterocycles. The molecule has 0 atom stereocenters. The molecular weight excluding hydrogens is 178 g/mol. The fourth-order valence-corrected chi connectivity index (χ4v) is 1.68. The molecule has 0 aliphatic heterocycles. The Hall–Kier alpha value is -1.48. The number of aryl methyl sites for hydroxylation is 1. The molecule has 1 heterocycles. The van der Waals surface area contributed by atoms with E-state index in [1.807, 2.05) is 19.2 Å². The molecule has 0 aliphatic carbocycles. The highest BCUT2D eigenvalue weighted by Gasteiger charge is 2.05. The Morgan fingerprint density at radius 3 is 2.86 bits per heavy atom. The zero-order valence-electron chi connectivity index (χ0n) is 8.32. The van der Waals surface area contributed by atoms with Crippen LogP contribution in [0.2, 0.25) is 0 Å². The summed E-state index contributed by atoms with van der Waals surface area (Å²) in [5.41, 5.74) is 2.21. The first-order valence-electron chi connectivity index (χ1n) is 4.48. The van der Waals surface area contributed by atoms with Gasteiger partial charge in [0, 0.05) is 30.8 Å². The number of hydrogen-bond acceptors (Lipinski definition) is 2. The van der Waals surface area contributed by atoms with Crippen LogP contribution in [0.5, 0.6) is 5.75 Å².